The van der Waals surface area contributed by atoms with Gasteiger partial charge in [0.1, 0.15) is 11.6 Å². The van der Waals surface area contributed by atoms with Gasteiger partial charge in [0, 0.05) is 11.6 Å². The summed E-state index contributed by atoms with van der Waals surface area (Å²) in [4.78, 5) is 2.49. The van der Waals surface area contributed by atoms with E-state index >= 15 is 0 Å². The SMILES string of the molecule is CCN1CCC(CNC(C)c2c(F)cccc2OC)CC1. The van der Waals surface area contributed by atoms with Crippen LogP contribution >= 0.6 is 0 Å². The van der Waals surface area contributed by atoms with Crippen LogP contribution in [-0.2, 0) is 0 Å². The molecule has 1 aromatic rings. The number of piperidine rings is 1. The third-order valence-corrected chi connectivity index (χ3v) is 4.53. The molecule has 1 aromatic carbocycles. The maximum absolute atomic E-state index is 14.0. The van der Waals surface area contributed by atoms with Crippen LogP contribution in [0.2, 0.25) is 0 Å². The van der Waals surface area contributed by atoms with Crippen LogP contribution in [0, 0.1) is 11.7 Å². The standard InChI is InChI=1S/C17H27FN2O/c1-4-20-10-8-14(9-11-20)12-19-13(2)17-15(18)6-5-7-16(17)21-3/h5-7,13-14,19H,4,8-12H2,1-3H3. The first-order chi connectivity index (χ1) is 10.2. The second-order valence-corrected chi connectivity index (χ2v) is 5.86. The molecule has 1 fully saturated rings. The van der Waals surface area contributed by atoms with E-state index in [9.17, 15) is 4.39 Å². The summed E-state index contributed by atoms with van der Waals surface area (Å²) < 4.78 is 19.3. The molecule has 0 aliphatic carbocycles. The minimum atomic E-state index is -0.199. The van der Waals surface area contributed by atoms with Gasteiger partial charge in [-0.05, 0) is 64.0 Å². The lowest BCUT2D eigenvalue weighted by Crippen LogP contribution is -2.37. The van der Waals surface area contributed by atoms with Gasteiger partial charge in [0.25, 0.3) is 0 Å². The molecular weight excluding hydrogens is 267 g/mol. The maximum Gasteiger partial charge on any atom is 0.131 e. The van der Waals surface area contributed by atoms with Gasteiger partial charge < -0.3 is 15.0 Å². The topological polar surface area (TPSA) is 24.5 Å². The molecule has 21 heavy (non-hydrogen) atoms. The second kappa shape index (κ2) is 7.76. The summed E-state index contributed by atoms with van der Waals surface area (Å²) in [5.41, 5.74) is 0.631. The Balaban J connectivity index is 1.89. The van der Waals surface area contributed by atoms with Crippen molar-refractivity contribution in [3.63, 3.8) is 0 Å². The summed E-state index contributed by atoms with van der Waals surface area (Å²) in [5, 5.41) is 3.48. The Morgan fingerprint density at radius 3 is 2.71 bits per heavy atom. The Morgan fingerprint density at radius 1 is 1.38 bits per heavy atom. The lowest BCUT2D eigenvalue weighted by molar-refractivity contribution is 0.188. The van der Waals surface area contributed by atoms with Crippen molar-refractivity contribution in [1.82, 2.24) is 10.2 Å². The van der Waals surface area contributed by atoms with E-state index in [1.165, 1.54) is 32.0 Å². The Morgan fingerprint density at radius 2 is 2.10 bits per heavy atom. The number of nitrogens with zero attached hydrogens (tertiary/aromatic N) is 1. The molecule has 1 saturated heterocycles. The highest BCUT2D eigenvalue weighted by atomic mass is 19.1. The van der Waals surface area contributed by atoms with Crippen molar-refractivity contribution >= 4 is 0 Å². The summed E-state index contributed by atoms with van der Waals surface area (Å²) in [6, 6.07) is 4.96. The molecule has 0 amide bonds. The lowest BCUT2D eigenvalue weighted by Gasteiger charge is -2.32. The molecule has 0 radical (unpaired) electrons. The van der Waals surface area contributed by atoms with Gasteiger partial charge in [-0.25, -0.2) is 4.39 Å². The number of ether oxygens (including phenoxy) is 1. The highest BCUT2D eigenvalue weighted by Gasteiger charge is 2.20. The van der Waals surface area contributed by atoms with E-state index in [2.05, 4.69) is 17.1 Å². The zero-order chi connectivity index (χ0) is 15.2. The van der Waals surface area contributed by atoms with Crippen molar-refractivity contribution in [2.45, 2.75) is 32.7 Å². The van der Waals surface area contributed by atoms with Gasteiger partial charge in [0.05, 0.1) is 7.11 Å². The van der Waals surface area contributed by atoms with Crippen molar-refractivity contribution in [2.75, 3.05) is 33.3 Å². The average Bonchev–Trinajstić information content (AvgIpc) is 2.52. The molecule has 1 N–H and O–H groups in total. The quantitative estimate of drug-likeness (QED) is 0.872. The van der Waals surface area contributed by atoms with Crippen LogP contribution in [0.4, 0.5) is 4.39 Å². The van der Waals surface area contributed by atoms with E-state index in [1.54, 1.807) is 13.2 Å². The Bertz CT molecular complexity index is 444. The first kappa shape index (κ1) is 16.2. The van der Waals surface area contributed by atoms with Crippen molar-refractivity contribution in [1.29, 1.82) is 0 Å². The molecular formula is C17H27FN2O. The summed E-state index contributed by atoms with van der Waals surface area (Å²) in [7, 11) is 1.59. The molecule has 0 spiro atoms. The molecule has 1 heterocycles. The predicted molar refractivity (Wildman–Crippen MR) is 84.2 cm³/mol. The average molecular weight is 294 g/mol. The van der Waals surface area contributed by atoms with Gasteiger partial charge in [-0.1, -0.05) is 13.0 Å². The number of hydrogen-bond acceptors (Lipinski definition) is 3. The zero-order valence-corrected chi connectivity index (χ0v) is 13.4. The Hall–Kier alpha value is -1.13. The predicted octanol–water partition coefficient (Wildman–Crippen LogP) is 3.22. The normalized spacial score (nSPS) is 18.7. The fraction of sp³-hybridized carbons (Fsp3) is 0.647. The zero-order valence-electron chi connectivity index (χ0n) is 13.4. The highest BCUT2D eigenvalue weighted by Crippen LogP contribution is 2.28. The summed E-state index contributed by atoms with van der Waals surface area (Å²) in [6.45, 7) is 8.66. The van der Waals surface area contributed by atoms with E-state index in [1.807, 2.05) is 13.0 Å². The molecule has 1 aliphatic heterocycles. The van der Waals surface area contributed by atoms with Crippen molar-refractivity contribution in [3.05, 3.63) is 29.6 Å². The number of likely N-dealkylation sites (tertiary alicyclic amines) is 1. The van der Waals surface area contributed by atoms with Crippen LogP contribution < -0.4 is 10.1 Å². The van der Waals surface area contributed by atoms with Gasteiger partial charge in [-0.15, -0.1) is 0 Å². The molecule has 3 nitrogen and oxygen atoms in total. The molecule has 4 heteroatoms. The lowest BCUT2D eigenvalue weighted by atomic mass is 9.96. The number of rotatable bonds is 6. The molecule has 0 saturated carbocycles. The van der Waals surface area contributed by atoms with E-state index in [0.29, 0.717) is 17.2 Å². The minimum absolute atomic E-state index is 0.0367. The van der Waals surface area contributed by atoms with Crippen molar-refractivity contribution in [3.8, 4) is 5.75 Å². The minimum Gasteiger partial charge on any atom is -0.496 e. The summed E-state index contributed by atoms with van der Waals surface area (Å²) in [6.07, 6.45) is 2.45. The van der Waals surface area contributed by atoms with E-state index in [4.69, 9.17) is 4.74 Å². The third kappa shape index (κ3) is 4.17. The molecule has 1 unspecified atom stereocenters. The summed E-state index contributed by atoms with van der Waals surface area (Å²) in [5.74, 6) is 1.11. The van der Waals surface area contributed by atoms with Gasteiger partial charge in [0.15, 0.2) is 0 Å². The fourth-order valence-corrected chi connectivity index (χ4v) is 3.07. The van der Waals surface area contributed by atoms with Crippen LogP contribution in [0.15, 0.2) is 18.2 Å². The number of nitrogens with one attached hydrogen (secondary N) is 1. The first-order valence-electron chi connectivity index (χ1n) is 7.93. The largest absolute Gasteiger partial charge is 0.496 e. The summed E-state index contributed by atoms with van der Waals surface area (Å²) >= 11 is 0. The molecule has 1 aliphatic rings. The van der Waals surface area contributed by atoms with Crippen LogP contribution in [0.1, 0.15) is 38.3 Å². The highest BCUT2D eigenvalue weighted by molar-refractivity contribution is 5.36. The van der Waals surface area contributed by atoms with Gasteiger partial charge in [0.2, 0.25) is 0 Å². The van der Waals surface area contributed by atoms with Crippen LogP contribution in [-0.4, -0.2) is 38.2 Å². The van der Waals surface area contributed by atoms with E-state index in [-0.39, 0.29) is 11.9 Å². The van der Waals surface area contributed by atoms with E-state index < -0.39 is 0 Å². The number of benzene rings is 1. The fourth-order valence-electron chi connectivity index (χ4n) is 3.07. The van der Waals surface area contributed by atoms with Crippen molar-refractivity contribution < 1.29 is 9.13 Å². The maximum atomic E-state index is 14.0. The number of halogens is 1. The number of hydrogen-bond donors (Lipinski definition) is 1. The molecule has 2 rings (SSSR count). The molecule has 0 aromatic heterocycles. The van der Waals surface area contributed by atoms with Gasteiger partial charge in [-0.3, -0.25) is 0 Å². The van der Waals surface area contributed by atoms with E-state index in [0.717, 1.165) is 13.1 Å². The molecule has 0 bridgehead atoms. The van der Waals surface area contributed by atoms with Gasteiger partial charge in [-0.2, -0.15) is 0 Å². The van der Waals surface area contributed by atoms with Crippen LogP contribution in [0.5, 0.6) is 5.75 Å². The van der Waals surface area contributed by atoms with Crippen LogP contribution in [0.3, 0.4) is 0 Å². The Labute approximate surface area is 127 Å². The number of methoxy groups -OCH3 is 1. The monoisotopic (exact) mass is 294 g/mol. The molecule has 1 atom stereocenters. The second-order valence-electron chi connectivity index (χ2n) is 5.86. The Kier molecular flexibility index (Phi) is 6.00. The third-order valence-electron chi connectivity index (χ3n) is 4.53. The van der Waals surface area contributed by atoms with Crippen molar-refractivity contribution in [2.24, 2.45) is 5.92 Å². The molecule has 118 valence electrons. The smallest absolute Gasteiger partial charge is 0.131 e. The van der Waals surface area contributed by atoms with Crippen LogP contribution in [0.25, 0.3) is 0 Å². The van der Waals surface area contributed by atoms with Gasteiger partial charge >= 0.3 is 0 Å². The first-order valence-corrected chi connectivity index (χ1v) is 7.93.